The predicted molar refractivity (Wildman–Crippen MR) is 205 cm³/mol. The average molecular weight is 861 g/mol. The van der Waals surface area contributed by atoms with Crippen molar-refractivity contribution in [3.8, 4) is 11.5 Å². The van der Waals surface area contributed by atoms with Gasteiger partial charge in [-0.3, -0.25) is 10.1 Å². The highest BCUT2D eigenvalue weighted by molar-refractivity contribution is 7.89. The lowest BCUT2D eigenvalue weighted by molar-refractivity contribution is -0.904. The van der Waals surface area contributed by atoms with E-state index in [9.17, 15) is 37.1 Å². The number of piperidine rings is 3. The number of ether oxygens (including phenoxy) is 3. The smallest absolute Gasteiger partial charge is 0.387 e. The van der Waals surface area contributed by atoms with Crippen LogP contribution in [0.1, 0.15) is 75.8 Å². The van der Waals surface area contributed by atoms with Gasteiger partial charge in [0.25, 0.3) is 0 Å². The third-order valence-corrected chi connectivity index (χ3v) is 13.1. The first-order valence-corrected chi connectivity index (χ1v) is 21.1. The van der Waals surface area contributed by atoms with Gasteiger partial charge in [-0.05, 0) is 92.8 Å². The molecule has 58 heavy (non-hydrogen) atoms. The van der Waals surface area contributed by atoms with Crippen molar-refractivity contribution in [3.05, 3.63) is 116 Å². The molecule has 1 aliphatic carbocycles. The highest BCUT2D eigenvalue weighted by Crippen LogP contribution is 2.42. The fraction of sp³-hybridized carbons (Fsp3) is 0.390. The van der Waals surface area contributed by atoms with Crippen molar-refractivity contribution >= 4 is 45.2 Å². The quantitative estimate of drug-likeness (QED) is 0.0825. The van der Waals surface area contributed by atoms with Crippen LogP contribution in [0.2, 0.25) is 10.0 Å². The first-order valence-electron chi connectivity index (χ1n) is 18.8. The molecule has 8 rings (SSSR count). The molecule has 1 aromatic heterocycles. The Morgan fingerprint density at radius 1 is 0.983 bits per heavy atom. The first-order chi connectivity index (χ1) is 27.7. The summed E-state index contributed by atoms with van der Waals surface area (Å²) in [4.78, 5) is 28.4. The summed E-state index contributed by atoms with van der Waals surface area (Å²) in [5, 5.41) is 22.9. The van der Waals surface area contributed by atoms with Gasteiger partial charge in [-0.1, -0.05) is 77.3 Å². The predicted octanol–water partition coefficient (Wildman–Crippen LogP) is 5.61. The molecule has 2 N–H and O–H groups in total. The Balaban J connectivity index is 1.35. The number of nitrogens with zero attached hydrogens (tertiary/aromatic N) is 2. The number of carboxylic acid groups (broad SMARTS) is 1. The molecule has 12 nitrogen and oxygen atoms in total. The van der Waals surface area contributed by atoms with Crippen LogP contribution >= 0.6 is 23.2 Å². The van der Waals surface area contributed by atoms with Crippen LogP contribution in [0.4, 0.5) is 8.78 Å². The van der Waals surface area contributed by atoms with E-state index in [1.807, 2.05) is 6.92 Å². The number of aromatic carboxylic acids is 1. The number of hydrogen-bond donors (Lipinski definition) is 2. The number of benzene rings is 3. The molecule has 0 radical (unpaired) electrons. The van der Waals surface area contributed by atoms with Gasteiger partial charge >= 0.3 is 12.6 Å². The van der Waals surface area contributed by atoms with Crippen molar-refractivity contribution in [2.45, 2.75) is 68.6 Å². The number of pyridine rings is 1. The molecule has 4 heterocycles. The molecule has 308 valence electrons. The van der Waals surface area contributed by atoms with Gasteiger partial charge in [-0.2, -0.15) is 13.5 Å². The van der Waals surface area contributed by atoms with E-state index in [0.29, 0.717) is 11.3 Å². The van der Waals surface area contributed by atoms with Crippen LogP contribution in [0.5, 0.6) is 11.5 Å². The monoisotopic (exact) mass is 859 g/mol. The van der Waals surface area contributed by atoms with Crippen LogP contribution in [0, 0.1) is 18.8 Å². The van der Waals surface area contributed by atoms with Gasteiger partial charge in [0.1, 0.15) is 22.2 Å². The Labute approximate surface area is 344 Å². The Bertz CT molecular complexity index is 2270. The second-order valence-electron chi connectivity index (χ2n) is 15.0. The van der Waals surface area contributed by atoms with Crippen molar-refractivity contribution < 1.29 is 56.0 Å². The van der Waals surface area contributed by atoms with Gasteiger partial charge < -0.3 is 24.1 Å². The molecule has 4 aliphatic rings. The lowest BCUT2D eigenvalue weighted by Crippen LogP contribution is -2.52. The number of halogens is 4. The van der Waals surface area contributed by atoms with Crippen LogP contribution in [0.3, 0.4) is 0 Å². The summed E-state index contributed by atoms with van der Waals surface area (Å²) < 4.78 is 76.7. The highest BCUT2D eigenvalue weighted by atomic mass is 35.5. The van der Waals surface area contributed by atoms with Crippen LogP contribution in [-0.2, 0) is 26.0 Å². The molecule has 2 bridgehead atoms. The number of aryl methyl sites for hydroxylation is 1. The topological polar surface area (TPSA) is 158 Å². The van der Waals surface area contributed by atoms with Crippen LogP contribution in [0.25, 0.3) is 0 Å². The fourth-order valence-electron chi connectivity index (χ4n) is 7.66. The van der Waals surface area contributed by atoms with E-state index in [-0.39, 0.29) is 68.7 Å². The number of sulfonamides is 1. The van der Waals surface area contributed by atoms with Gasteiger partial charge in [0.05, 0.1) is 17.5 Å². The second-order valence-corrected chi connectivity index (χ2v) is 17.5. The third kappa shape index (κ3) is 9.50. The van der Waals surface area contributed by atoms with Crippen LogP contribution < -0.4 is 24.0 Å². The number of carbonyl (C=O) groups is 2. The maximum atomic E-state index is 14.9. The van der Waals surface area contributed by atoms with E-state index in [0.717, 1.165) is 62.8 Å². The SMILES string of the molecule is Cc1ccc(C(NS(=O)(=O)c2c(C(=O)[O-])cccc2[C@@H](Cc2c(Cl)c[n+](O)cc2Cl)c2ccc(OC(F)F)c(OCC3CC3)c2)C(=O)O[C@H]2CN3CCC2CC3)cc1. The number of carboxylic acids is 1. The standard InChI is InChI=1S/C41H41Cl2F2N3O9S/c1-23-5-9-26(10-6-23)37(40(51)56-36-21-47-15-13-25(36)14-16-47)46-58(53,54)38-28(3-2-4-29(38)39(49)50)30(18-31-32(42)19-48(52)20-33(31)43)27-11-12-34(57-41(44)45)35(17-27)55-22-24-7-8-24/h2-6,9-12,17,19-20,24-25,30,36-37,41,46H,7-8,13-16,18,21-22H2,1H3,(H-,49,50,52)/t30-,36-,37?/m0/s1. The molecule has 1 saturated carbocycles. The van der Waals surface area contributed by atoms with Crippen molar-refractivity contribution in [3.63, 3.8) is 0 Å². The zero-order valence-corrected chi connectivity index (χ0v) is 33.6. The Morgan fingerprint density at radius 2 is 1.66 bits per heavy atom. The van der Waals surface area contributed by atoms with E-state index in [4.69, 9.17) is 37.4 Å². The average Bonchev–Trinajstić information content (AvgIpc) is 4.02. The van der Waals surface area contributed by atoms with E-state index in [2.05, 4.69) is 9.62 Å². The van der Waals surface area contributed by atoms with Gasteiger partial charge in [0.15, 0.2) is 11.5 Å². The number of hydrogen-bond acceptors (Lipinski definition) is 10. The summed E-state index contributed by atoms with van der Waals surface area (Å²) in [6.07, 6.45) is 5.11. The van der Waals surface area contributed by atoms with E-state index in [1.54, 1.807) is 24.3 Å². The summed E-state index contributed by atoms with van der Waals surface area (Å²) in [7, 11) is -4.99. The number of fused-ring (bicyclic) bond motifs is 3. The zero-order valence-electron chi connectivity index (χ0n) is 31.3. The number of aromatic nitrogens is 1. The number of esters is 1. The normalized spacial score (nSPS) is 20.1. The molecule has 3 aromatic carbocycles. The summed E-state index contributed by atoms with van der Waals surface area (Å²) in [6.45, 7) is 1.13. The molecule has 0 spiro atoms. The summed E-state index contributed by atoms with van der Waals surface area (Å²) in [5.74, 6) is -3.81. The minimum atomic E-state index is -4.99. The molecule has 17 heteroatoms. The minimum absolute atomic E-state index is 0.0172. The maximum absolute atomic E-state index is 14.9. The Kier molecular flexibility index (Phi) is 12.5. The van der Waals surface area contributed by atoms with E-state index in [1.165, 1.54) is 30.3 Å². The summed E-state index contributed by atoms with van der Waals surface area (Å²) >= 11 is 13.1. The van der Waals surface area contributed by atoms with Crippen molar-refractivity contribution in [1.82, 2.24) is 9.62 Å². The van der Waals surface area contributed by atoms with Gasteiger partial charge in [-0.15, -0.1) is 0 Å². The third-order valence-electron chi connectivity index (χ3n) is 10.9. The van der Waals surface area contributed by atoms with Crippen molar-refractivity contribution in [1.29, 1.82) is 0 Å². The van der Waals surface area contributed by atoms with E-state index < -0.39 is 57.1 Å². The lowest BCUT2D eigenvalue weighted by atomic mass is 9.85. The first kappa shape index (κ1) is 41.6. The highest BCUT2D eigenvalue weighted by Gasteiger charge is 2.40. The lowest BCUT2D eigenvalue weighted by Gasteiger charge is -2.44. The molecule has 3 atom stereocenters. The molecule has 4 aromatic rings. The fourth-order valence-corrected chi connectivity index (χ4v) is 9.89. The molecular weight excluding hydrogens is 819 g/mol. The molecule has 3 saturated heterocycles. The summed E-state index contributed by atoms with van der Waals surface area (Å²) in [5.41, 5.74) is 0.816. The van der Waals surface area contributed by atoms with Gasteiger partial charge in [-0.25, -0.2) is 13.2 Å². The molecule has 4 fully saturated rings. The largest absolute Gasteiger partial charge is 0.545 e. The Morgan fingerprint density at radius 3 is 2.26 bits per heavy atom. The second kappa shape index (κ2) is 17.4. The maximum Gasteiger partial charge on any atom is 0.387 e. The van der Waals surface area contributed by atoms with Crippen molar-refractivity contribution in [2.24, 2.45) is 11.8 Å². The Hall–Kier alpha value is -4.54. The molecule has 3 aliphatic heterocycles. The minimum Gasteiger partial charge on any atom is -0.545 e. The zero-order chi connectivity index (χ0) is 41.3. The molecule has 1 unspecified atom stereocenters. The van der Waals surface area contributed by atoms with Crippen molar-refractivity contribution in [2.75, 3.05) is 26.2 Å². The number of nitrogens with one attached hydrogen (secondary N) is 1. The summed E-state index contributed by atoms with van der Waals surface area (Å²) in [6, 6.07) is 12.9. The van der Waals surface area contributed by atoms with E-state index >= 15 is 0 Å². The van der Waals surface area contributed by atoms with Gasteiger partial charge in [0.2, 0.25) is 22.4 Å². The molecular formula is C41H41Cl2F2N3O9S. The molecule has 0 amide bonds. The number of alkyl halides is 2. The number of rotatable bonds is 16. The number of carbonyl (C=O) groups excluding carboxylic acids is 2. The van der Waals surface area contributed by atoms with Gasteiger partial charge in [0, 0.05) is 28.3 Å². The van der Waals surface area contributed by atoms with Crippen LogP contribution in [-0.4, -0.2) is 69.4 Å². The van der Waals surface area contributed by atoms with Crippen LogP contribution in [0.15, 0.2) is 78.0 Å².